The summed E-state index contributed by atoms with van der Waals surface area (Å²) in [6, 6.07) is 9.42. The second kappa shape index (κ2) is 8.45. The van der Waals surface area contributed by atoms with Crippen LogP contribution in [-0.4, -0.2) is 28.3 Å². The van der Waals surface area contributed by atoms with Gasteiger partial charge >= 0.3 is 5.97 Å². The molecule has 1 aromatic carbocycles. The van der Waals surface area contributed by atoms with E-state index in [1.165, 1.54) is 0 Å². The number of nitrogens with two attached hydrogens (primary N) is 1. The summed E-state index contributed by atoms with van der Waals surface area (Å²) < 4.78 is 0. The number of carboxylic acids is 1. The molecular formula is C15H21NO3. The molecular weight excluding hydrogens is 242 g/mol. The molecule has 19 heavy (non-hydrogen) atoms. The Hall–Kier alpha value is -1.65. The summed E-state index contributed by atoms with van der Waals surface area (Å²) in [6.07, 6.45) is 4.71. The molecule has 0 bridgehead atoms. The Balaban J connectivity index is 2.30. The maximum absolute atomic E-state index is 10.3. The van der Waals surface area contributed by atoms with E-state index in [1.54, 1.807) is 12.2 Å². The van der Waals surface area contributed by atoms with E-state index < -0.39 is 12.1 Å². The van der Waals surface area contributed by atoms with Gasteiger partial charge in [-0.2, -0.15) is 0 Å². The van der Waals surface area contributed by atoms with E-state index in [2.05, 4.69) is 0 Å². The topological polar surface area (TPSA) is 83.5 Å². The molecule has 104 valence electrons. The van der Waals surface area contributed by atoms with E-state index in [9.17, 15) is 9.90 Å². The van der Waals surface area contributed by atoms with Gasteiger partial charge < -0.3 is 15.9 Å². The van der Waals surface area contributed by atoms with Gasteiger partial charge in [-0.15, -0.1) is 0 Å². The van der Waals surface area contributed by atoms with Gasteiger partial charge in [-0.1, -0.05) is 42.5 Å². The largest absolute Gasteiger partial charge is 0.481 e. The van der Waals surface area contributed by atoms with Crippen molar-refractivity contribution in [3.8, 4) is 0 Å². The van der Waals surface area contributed by atoms with Crippen molar-refractivity contribution in [3.63, 3.8) is 0 Å². The van der Waals surface area contributed by atoms with E-state index in [0.717, 1.165) is 5.56 Å². The minimum Gasteiger partial charge on any atom is -0.481 e. The van der Waals surface area contributed by atoms with E-state index >= 15 is 0 Å². The zero-order chi connectivity index (χ0) is 14.1. The molecule has 2 atom stereocenters. The first-order chi connectivity index (χ1) is 9.09. The van der Waals surface area contributed by atoms with Gasteiger partial charge in [0.25, 0.3) is 0 Å². The van der Waals surface area contributed by atoms with Crippen LogP contribution in [0.5, 0.6) is 0 Å². The van der Waals surface area contributed by atoms with Crippen LogP contribution in [0.15, 0.2) is 42.5 Å². The number of hydrogen-bond acceptors (Lipinski definition) is 3. The quantitative estimate of drug-likeness (QED) is 0.492. The van der Waals surface area contributed by atoms with Gasteiger partial charge in [0.2, 0.25) is 0 Å². The molecule has 0 aliphatic heterocycles. The molecule has 0 unspecified atom stereocenters. The number of hydrogen-bond donors (Lipinski definition) is 3. The number of aliphatic hydroxyl groups excluding tert-OH is 1. The minimum absolute atomic E-state index is 0.149. The summed E-state index contributed by atoms with van der Waals surface area (Å²) in [5.74, 6) is -0.797. The van der Waals surface area contributed by atoms with Gasteiger partial charge in [0.15, 0.2) is 0 Å². The number of benzene rings is 1. The third-order valence-electron chi connectivity index (χ3n) is 2.85. The SMILES string of the molecule is N[C@@H](Cc1ccccc1)[C@@H](O)/C=C/CCCC(=O)O. The van der Waals surface area contributed by atoms with Crippen molar-refractivity contribution in [2.75, 3.05) is 0 Å². The smallest absolute Gasteiger partial charge is 0.303 e. The lowest BCUT2D eigenvalue weighted by molar-refractivity contribution is -0.137. The van der Waals surface area contributed by atoms with Crippen molar-refractivity contribution >= 4 is 5.97 Å². The molecule has 0 aliphatic rings. The van der Waals surface area contributed by atoms with Crippen molar-refractivity contribution in [2.45, 2.75) is 37.8 Å². The van der Waals surface area contributed by atoms with E-state index in [0.29, 0.717) is 19.3 Å². The first-order valence-corrected chi connectivity index (χ1v) is 6.45. The van der Waals surface area contributed by atoms with Crippen LogP contribution >= 0.6 is 0 Å². The lowest BCUT2D eigenvalue weighted by atomic mass is 10.0. The summed E-state index contributed by atoms with van der Waals surface area (Å²) >= 11 is 0. The minimum atomic E-state index is -0.797. The molecule has 0 amide bonds. The molecule has 1 aromatic rings. The molecule has 4 heteroatoms. The number of aliphatic carboxylic acids is 1. The highest BCUT2D eigenvalue weighted by Crippen LogP contribution is 2.06. The molecule has 0 radical (unpaired) electrons. The molecule has 0 heterocycles. The Morgan fingerprint density at radius 1 is 1.32 bits per heavy atom. The fourth-order valence-corrected chi connectivity index (χ4v) is 1.76. The van der Waals surface area contributed by atoms with Gasteiger partial charge in [0.1, 0.15) is 0 Å². The lowest BCUT2D eigenvalue weighted by Gasteiger charge is -2.15. The van der Waals surface area contributed by atoms with Crippen molar-refractivity contribution in [1.29, 1.82) is 0 Å². The Kier molecular flexibility index (Phi) is 6.85. The molecule has 4 nitrogen and oxygen atoms in total. The Morgan fingerprint density at radius 2 is 2.00 bits per heavy atom. The third kappa shape index (κ3) is 6.74. The fraction of sp³-hybridized carbons (Fsp3) is 0.400. The zero-order valence-electron chi connectivity index (χ0n) is 10.9. The van der Waals surface area contributed by atoms with Crippen molar-refractivity contribution < 1.29 is 15.0 Å². The van der Waals surface area contributed by atoms with Crippen LogP contribution in [0, 0.1) is 0 Å². The maximum atomic E-state index is 10.3. The van der Waals surface area contributed by atoms with Crippen LogP contribution in [-0.2, 0) is 11.2 Å². The van der Waals surface area contributed by atoms with E-state index in [1.807, 2.05) is 30.3 Å². The Bertz CT molecular complexity index is 403. The maximum Gasteiger partial charge on any atom is 0.303 e. The van der Waals surface area contributed by atoms with Crippen molar-refractivity contribution in [1.82, 2.24) is 0 Å². The number of allylic oxidation sites excluding steroid dienone is 1. The number of carboxylic acid groups (broad SMARTS) is 1. The van der Waals surface area contributed by atoms with Gasteiger partial charge in [0, 0.05) is 12.5 Å². The van der Waals surface area contributed by atoms with Gasteiger partial charge in [-0.25, -0.2) is 0 Å². The predicted octanol–water partition coefficient (Wildman–Crippen LogP) is 1.73. The lowest BCUT2D eigenvalue weighted by Crippen LogP contribution is -2.35. The molecule has 0 aliphatic carbocycles. The Morgan fingerprint density at radius 3 is 2.63 bits per heavy atom. The summed E-state index contributed by atoms with van der Waals surface area (Å²) in [5.41, 5.74) is 7.01. The number of rotatable bonds is 8. The molecule has 0 fully saturated rings. The molecule has 1 rings (SSSR count). The first kappa shape index (κ1) is 15.4. The van der Waals surface area contributed by atoms with Crippen LogP contribution in [0.4, 0.5) is 0 Å². The predicted molar refractivity (Wildman–Crippen MR) is 74.8 cm³/mol. The average Bonchev–Trinajstić information content (AvgIpc) is 2.38. The second-order valence-corrected chi connectivity index (χ2v) is 4.56. The van der Waals surface area contributed by atoms with Crippen LogP contribution < -0.4 is 5.73 Å². The summed E-state index contributed by atoms with van der Waals surface area (Å²) in [6.45, 7) is 0. The van der Waals surface area contributed by atoms with Crippen LogP contribution in [0.2, 0.25) is 0 Å². The standard InChI is InChI=1S/C15H21NO3/c16-13(11-12-7-3-1-4-8-12)14(17)9-5-2-6-10-15(18)19/h1,3-5,7-9,13-14,17H,2,6,10-11,16H2,(H,18,19)/b9-5+/t13-,14-/m0/s1. The van der Waals surface area contributed by atoms with Crippen LogP contribution in [0.1, 0.15) is 24.8 Å². The van der Waals surface area contributed by atoms with Gasteiger partial charge in [-0.05, 0) is 24.8 Å². The van der Waals surface area contributed by atoms with Crippen molar-refractivity contribution in [3.05, 3.63) is 48.0 Å². The average molecular weight is 263 g/mol. The normalized spacial score (nSPS) is 14.4. The fourth-order valence-electron chi connectivity index (χ4n) is 1.76. The summed E-state index contributed by atoms with van der Waals surface area (Å²) in [4.78, 5) is 10.3. The molecule has 0 saturated carbocycles. The molecule has 4 N–H and O–H groups in total. The van der Waals surface area contributed by atoms with Gasteiger partial charge in [-0.3, -0.25) is 4.79 Å². The monoisotopic (exact) mass is 263 g/mol. The highest BCUT2D eigenvalue weighted by molar-refractivity contribution is 5.66. The molecule has 0 spiro atoms. The number of aliphatic hydroxyl groups is 1. The number of carbonyl (C=O) groups is 1. The highest BCUT2D eigenvalue weighted by atomic mass is 16.4. The Labute approximate surface area is 113 Å². The highest BCUT2D eigenvalue weighted by Gasteiger charge is 2.11. The number of unbranched alkanes of at least 4 members (excludes halogenated alkanes) is 1. The van der Waals surface area contributed by atoms with Gasteiger partial charge in [0.05, 0.1) is 6.10 Å². The zero-order valence-corrected chi connectivity index (χ0v) is 10.9. The molecule has 0 aromatic heterocycles. The first-order valence-electron chi connectivity index (χ1n) is 6.45. The van der Waals surface area contributed by atoms with Crippen LogP contribution in [0.25, 0.3) is 0 Å². The second-order valence-electron chi connectivity index (χ2n) is 4.56. The van der Waals surface area contributed by atoms with Crippen LogP contribution in [0.3, 0.4) is 0 Å². The van der Waals surface area contributed by atoms with E-state index in [4.69, 9.17) is 10.8 Å². The summed E-state index contributed by atoms with van der Waals surface area (Å²) in [5, 5.41) is 18.3. The van der Waals surface area contributed by atoms with E-state index in [-0.39, 0.29) is 12.5 Å². The third-order valence-corrected chi connectivity index (χ3v) is 2.85. The molecule has 0 saturated heterocycles. The summed E-state index contributed by atoms with van der Waals surface area (Å²) in [7, 11) is 0. The van der Waals surface area contributed by atoms with Crippen molar-refractivity contribution in [2.24, 2.45) is 5.73 Å².